The van der Waals surface area contributed by atoms with Crippen LogP contribution in [-0.4, -0.2) is 46.8 Å². The van der Waals surface area contributed by atoms with Crippen molar-refractivity contribution in [2.24, 2.45) is 0 Å². The van der Waals surface area contributed by atoms with Crippen molar-refractivity contribution >= 4 is 15.7 Å². The first-order valence-electron chi connectivity index (χ1n) is 5.89. The minimum atomic E-state index is -4.19. The van der Waals surface area contributed by atoms with Gasteiger partial charge in [0.15, 0.2) is 4.90 Å². The number of para-hydroxylation sites is 1. The molecule has 0 spiro atoms. The summed E-state index contributed by atoms with van der Waals surface area (Å²) in [6.07, 6.45) is 0. The van der Waals surface area contributed by atoms with Crippen LogP contribution in [0.3, 0.4) is 0 Å². The average Bonchev–Trinajstić information content (AvgIpc) is 2.42. The molecule has 1 rings (SSSR count). The van der Waals surface area contributed by atoms with Gasteiger partial charge in [-0.15, -0.1) is 0 Å². The maximum absolute atomic E-state index is 13.4. The van der Waals surface area contributed by atoms with Crippen LogP contribution in [0.2, 0.25) is 0 Å². The summed E-state index contributed by atoms with van der Waals surface area (Å²) in [6, 6.07) is 2.88. The number of rotatable bonds is 9. The quantitative estimate of drug-likeness (QED) is 0.407. The summed E-state index contributed by atoms with van der Waals surface area (Å²) in [5, 5.41) is 10.8. The van der Waals surface area contributed by atoms with E-state index in [2.05, 4.69) is 4.72 Å². The van der Waals surface area contributed by atoms with Crippen LogP contribution < -0.4 is 4.72 Å². The molecule has 0 bridgehead atoms. The molecule has 0 radical (unpaired) electrons. The van der Waals surface area contributed by atoms with Crippen molar-refractivity contribution in [3.05, 3.63) is 34.1 Å². The van der Waals surface area contributed by atoms with Gasteiger partial charge < -0.3 is 9.47 Å². The third kappa shape index (κ3) is 5.01. The lowest BCUT2D eigenvalue weighted by atomic mass is 10.3. The first-order valence-corrected chi connectivity index (χ1v) is 7.37. The molecular formula is C11H15FN2O6S. The number of nitro benzene ring substituents is 1. The summed E-state index contributed by atoms with van der Waals surface area (Å²) in [6.45, 7) is 0.617. The molecule has 0 amide bonds. The zero-order valence-corrected chi connectivity index (χ0v) is 12.1. The fourth-order valence-corrected chi connectivity index (χ4v) is 2.65. The van der Waals surface area contributed by atoms with Crippen LogP contribution in [0.15, 0.2) is 23.1 Å². The van der Waals surface area contributed by atoms with E-state index in [1.54, 1.807) is 0 Å². The molecule has 0 aliphatic carbocycles. The molecule has 0 unspecified atom stereocenters. The number of halogens is 1. The molecule has 0 saturated carbocycles. The van der Waals surface area contributed by atoms with Gasteiger partial charge in [0.1, 0.15) is 0 Å². The number of nitro groups is 1. The van der Waals surface area contributed by atoms with E-state index in [9.17, 15) is 22.9 Å². The molecule has 1 aromatic carbocycles. The highest BCUT2D eigenvalue weighted by Crippen LogP contribution is 2.26. The van der Waals surface area contributed by atoms with Crippen molar-refractivity contribution in [3.63, 3.8) is 0 Å². The van der Waals surface area contributed by atoms with Crippen molar-refractivity contribution in [1.82, 2.24) is 4.72 Å². The predicted octanol–water partition coefficient (Wildman–Crippen LogP) is 0.675. The summed E-state index contributed by atoms with van der Waals surface area (Å²) in [5.41, 5.74) is -1.08. The van der Waals surface area contributed by atoms with Crippen molar-refractivity contribution in [2.45, 2.75) is 4.90 Å². The second kappa shape index (κ2) is 7.98. The minimum Gasteiger partial charge on any atom is -0.382 e. The monoisotopic (exact) mass is 322 g/mol. The molecule has 0 atom stereocenters. The second-order valence-corrected chi connectivity index (χ2v) is 5.58. The van der Waals surface area contributed by atoms with E-state index >= 15 is 0 Å². The molecule has 21 heavy (non-hydrogen) atoms. The molecule has 10 heteroatoms. The van der Waals surface area contributed by atoms with Crippen LogP contribution in [0.4, 0.5) is 10.1 Å². The van der Waals surface area contributed by atoms with Crippen molar-refractivity contribution in [2.75, 3.05) is 33.5 Å². The van der Waals surface area contributed by atoms with Gasteiger partial charge in [0.2, 0.25) is 15.8 Å². The Labute approximate surface area is 121 Å². The number of hydrogen-bond acceptors (Lipinski definition) is 6. The lowest BCUT2D eigenvalue weighted by Gasteiger charge is -2.08. The number of nitrogens with one attached hydrogen (secondary N) is 1. The zero-order chi connectivity index (χ0) is 15.9. The number of ether oxygens (including phenoxy) is 2. The minimum absolute atomic E-state index is 0.0612. The summed E-state index contributed by atoms with van der Waals surface area (Å²) in [4.78, 5) is 8.98. The largest absolute Gasteiger partial charge is 0.382 e. The van der Waals surface area contributed by atoms with Crippen LogP contribution in [0.5, 0.6) is 0 Å². The van der Waals surface area contributed by atoms with Gasteiger partial charge in [-0.3, -0.25) is 10.1 Å². The molecular weight excluding hydrogens is 307 g/mol. The third-order valence-corrected chi connectivity index (χ3v) is 3.88. The lowest BCUT2D eigenvalue weighted by molar-refractivity contribution is -0.390. The van der Waals surface area contributed by atoms with Gasteiger partial charge in [-0.2, -0.15) is 4.39 Å². The predicted molar refractivity (Wildman–Crippen MR) is 70.9 cm³/mol. The SMILES string of the molecule is COCCOCCNS(=O)(=O)c1cccc(F)c1[N+](=O)[O-]. The van der Waals surface area contributed by atoms with E-state index in [1.807, 2.05) is 0 Å². The van der Waals surface area contributed by atoms with Gasteiger partial charge in [-0.25, -0.2) is 13.1 Å². The molecule has 118 valence electrons. The second-order valence-electron chi connectivity index (χ2n) is 3.85. The number of benzene rings is 1. The summed E-state index contributed by atoms with van der Waals surface area (Å²) < 4.78 is 49.1. The van der Waals surface area contributed by atoms with E-state index in [-0.39, 0.29) is 13.2 Å². The Balaban J connectivity index is 2.75. The molecule has 1 aromatic rings. The molecule has 0 aliphatic rings. The maximum atomic E-state index is 13.4. The lowest BCUT2D eigenvalue weighted by Crippen LogP contribution is -2.28. The summed E-state index contributed by atoms with van der Waals surface area (Å²) in [5.74, 6) is -1.21. The summed E-state index contributed by atoms with van der Waals surface area (Å²) in [7, 11) is -2.70. The van der Waals surface area contributed by atoms with Gasteiger partial charge in [-0.05, 0) is 12.1 Å². The maximum Gasteiger partial charge on any atom is 0.324 e. The van der Waals surface area contributed by atoms with Crippen LogP contribution in [-0.2, 0) is 19.5 Å². The van der Waals surface area contributed by atoms with Gasteiger partial charge in [0.25, 0.3) is 0 Å². The Morgan fingerprint density at radius 2 is 2.05 bits per heavy atom. The Morgan fingerprint density at radius 3 is 2.67 bits per heavy atom. The van der Waals surface area contributed by atoms with Crippen molar-refractivity contribution in [3.8, 4) is 0 Å². The van der Waals surface area contributed by atoms with Gasteiger partial charge in [0.05, 0.1) is 24.7 Å². The number of sulfonamides is 1. The smallest absolute Gasteiger partial charge is 0.324 e. The molecule has 8 nitrogen and oxygen atoms in total. The van der Waals surface area contributed by atoms with Gasteiger partial charge in [0, 0.05) is 13.7 Å². The van der Waals surface area contributed by atoms with E-state index < -0.39 is 31.3 Å². The Morgan fingerprint density at radius 1 is 1.33 bits per heavy atom. The van der Waals surface area contributed by atoms with E-state index in [1.165, 1.54) is 7.11 Å². The van der Waals surface area contributed by atoms with Crippen molar-refractivity contribution < 1.29 is 27.2 Å². The standard InChI is InChI=1S/C11H15FN2O6S/c1-19-7-8-20-6-5-13-21(17,18)10-4-2-3-9(12)11(10)14(15)16/h2-4,13H,5-8H2,1H3. The van der Waals surface area contributed by atoms with E-state index in [4.69, 9.17) is 9.47 Å². The van der Waals surface area contributed by atoms with Gasteiger partial charge in [-0.1, -0.05) is 6.07 Å². The normalized spacial score (nSPS) is 11.5. The molecule has 0 aromatic heterocycles. The van der Waals surface area contributed by atoms with Crippen LogP contribution >= 0.6 is 0 Å². The van der Waals surface area contributed by atoms with Crippen LogP contribution in [0.25, 0.3) is 0 Å². The van der Waals surface area contributed by atoms with Crippen LogP contribution in [0, 0.1) is 15.9 Å². The number of hydrogen-bond donors (Lipinski definition) is 1. The average molecular weight is 322 g/mol. The Kier molecular flexibility index (Phi) is 6.62. The first-order chi connectivity index (χ1) is 9.90. The fraction of sp³-hybridized carbons (Fsp3) is 0.455. The first kappa shape index (κ1) is 17.4. The highest BCUT2D eigenvalue weighted by Gasteiger charge is 2.28. The van der Waals surface area contributed by atoms with Gasteiger partial charge >= 0.3 is 5.69 Å². The molecule has 0 heterocycles. The highest BCUT2D eigenvalue weighted by atomic mass is 32.2. The number of methoxy groups -OCH3 is 1. The number of nitrogens with zero attached hydrogens (tertiary/aromatic N) is 1. The van der Waals surface area contributed by atoms with Crippen LogP contribution in [0.1, 0.15) is 0 Å². The Hall–Kier alpha value is -1.62. The molecule has 0 saturated heterocycles. The van der Waals surface area contributed by atoms with Crippen molar-refractivity contribution in [1.29, 1.82) is 0 Å². The fourth-order valence-electron chi connectivity index (χ4n) is 1.46. The molecule has 1 N–H and O–H groups in total. The molecule has 0 fully saturated rings. The highest BCUT2D eigenvalue weighted by molar-refractivity contribution is 7.89. The molecule has 0 aliphatic heterocycles. The topological polar surface area (TPSA) is 108 Å². The summed E-state index contributed by atoms with van der Waals surface area (Å²) >= 11 is 0. The van der Waals surface area contributed by atoms with E-state index in [0.717, 1.165) is 18.2 Å². The Bertz CT molecular complexity index is 592. The zero-order valence-electron chi connectivity index (χ0n) is 11.2. The third-order valence-electron chi connectivity index (χ3n) is 2.39. The van der Waals surface area contributed by atoms with E-state index in [0.29, 0.717) is 13.2 Å².